The quantitative estimate of drug-likeness (QED) is 0.678. The molecule has 1 heterocycles. The first-order valence-electron chi connectivity index (χ1n) is 6.00. The molecule has 0 radical (unpaired) electrons. The summed E-state index contributed by atoms with van der Waals surface area (Å²) >= 11 is 6.98. The van der Waals surface area contributed by atoms with Gasteiger partial charge in [0.05, 0.1) is 22.0 Å². The molecule has 2 aromatic rings. The molecule has 20 heavy (non-hydrogen) atoms. The topological polar surface area (TPSA) is 50.7 Å². The van der Waals surface area contributed by atoms with Gasteiger partial charge in [-0.25, -0.2) is 5.43 Å². The van der Waals surface area contributed by atoms with E-state index >= 15 is 0 Å². The third-order valence-corrected chi connectivity index (χ3v) is 3.60. The number of carbonyl (C=O) groups is 1. The van der Waals surface area contributed by atoms with Gasteiger partial charge in [0, 0.05) is 0 Å². The number of amides is 1. The molecule has 4 nitrogen and oxygen atoms in total. The normalized spacial score (nSPS) is 10.7. The molecule has 104 valence electrons. The Labute approximate surface area is 126 Å². The maximum absolute atomic E-state index is 11.7. The number of benzene rings is 1. The van der Waals surface area contributed by atoms with Crippen molar-refractivity contribution in [3.05, 3.63) is 51.2 Å². The van der Waals surface area contributed by atoms with Gasteiger partial charge in [-0.2, -0.15) is 5.10 Å². The first kappa shape index (κ1) is 14.6. The smallest absolute Gasteiger partial charge is 0.281 e. The number of hydrogen-bond acceptors (Lipinski definition) is 4. The van der Waals surface area contributed by atoms with Crippen molar-refractivity contribution in [2.24, 2.45) is 5.10 Å². The zero-order valence-electron chi connectivity index (χ0n) is 10.8. The van der Waals surface area contributed by atoms with Gasteiger partial charge in [-0.1, -0.05) is 11.6 Å². The Balaban J connectivity index is 1.91. The number of hydrazone groups is 1. The number of carbonyl (C=O) groups excluding carboxylic acids is 1. The highest BCUT2D eigenvalue weighted by molar-refractivity contribution is 7.17. The van der Waals surface area contributed by atoms with Gasteiger partial charge in [-0.15, -0.1) is 11.3 Å². The van der Waals surface area contributed by atoms with Crippen LogP contribution in [0.2, 0.25) is 4.34 Å². The second kappa shape index (κ2) is 7.07. The number of ether oxygens (including phenoxy) is 1. The van der Waals surface area contributed by atoms with Crippen molar-refractivity contribution in [2.45, 2.75) is 6.92 Å². The minimum atomic E-state index is -0.274. The molecular formula is C14H13ClN2O2S. The van der Waals surface area contributed by atoms with Crippen molar-refractivity contribution >= 4 is 35.1 Å². The third-order valence-electron chi connectivity index (χ3n) is 2.37. The first-order chi connectivity index (χ1) is 9.69. The lowest BCUT2D eigenvalue weighted by Crippen LogP contribution is -2.16. The SMILES string of the molecule is CCOc1ccc(/C=N\NC(=O)c2ccc(Cl)s2)cc1. The maximum atomic E-state index is 11.7. The second-order valence-electron chi connectivity index (χ2n) is 3.80. The van der Waals surface area contributed by atoms with Crippen LogP contribution in [0.3, 0.4) is 0 Å². The van der Waals surface area contributed by atoms with Crippen LogP contribution in [0.15, 0.2) is 41.5 Å². The van der Waals surface area contributed by atoms with Crippen LogP contribution in [-0.4, -0.2) is 18.7 Å². The third kappa shape index (κ3) is 4.08. The molecule has 0 saturated heterocycles. The minimum Gasteiger partial charge on any atom is -0.494 e. The zero-order chi connectivity index (χ0) is 14.4. The minimum absolute atomic E-state index is 0.274. The highest BCUT2D eigenvalue weighted by Gasteiger charge is 2.06. The van der Waals surface area contributed by atoms with Crippen LogP contribution < -0.4 is 10.2 Å². The summed E-state index contributed by atoms with van der Waals surface area (Å²) in [7, 11) is 0. The van der Waals surface area contributed by atoms with Gasteiger partial charge in [0.1, 0.15) is 5.75 Å². The summed E-state index contributed by atoms with van der Waals surface area (Å²) in [5.41, 5.74) is 3.32. The molecule has 0 atom stereocenters. The molecule has 0 saturated carbocycles. The molecule has 0 bridgehead atoms. The van der Waals surface area contributed by atoms with Crippen LogP contribution in [-0.2, 0) is 0 Å². The predicted molar refractivity (Wildman–Crippen MR) is 82.0 cm³/mol. The Bertz CT molecular complexity index is 608. The van der Waals surface area contributed by atoms with Crippen LogP contribution in [0.5, 0.6) is 5.75 Å². The summed E-state index contributed by atoms with van der Waals surface area (Å²) in [5, 5.41) is 3.90. The van der Waals surface area contributed by atoms with Crippen LogP contribution in [0.1, 0.15) is 22.2 Å². The first-order valence-corrected chi connectivity index (χ1v) is 7.20. The highest BCUT2D eigenvalue weighted by atomic mass is 35.5. The Morgan fingerprint density at radius 3 is 2.70 bits per heavy atom. The lowest BCUT2D eigenvalue weighted by atomic mass is 10.2. The standard InChI is InChI=1S/C14H13ClN2O2S/c1-2-19-11-5-3-10(4-6-11)9-16-17-14(18)12-7-8-13(15)20-12/h3-9H,2H2,1H3,(H,17,18)/b16-9-. The molecule has 0 unspecified atom stereocenters. The summed E-state index contributed by atoms with van der Waals surface area (Å²) in [6.07, 6.45) is 1.57. The van der Waals surface area contributed by atoms with E-state index in [0.29, 0.717) is 15.8 Å². The maximum Gasteiger partial charge on any atom is 0.281 e. The largest absolute Gasteiger partial charge is 0.494 e. The Kier molecular flexibility index (Phi) is 5.15. The number of halogens is 1. The van der Waals surface area contributed by atoms with Gasteiger partial charge >= 0.3 is 0 Å². The van der Waals surface area contributed by atoms with Crippen molar-refractivity contribution in [2.75, 3.05) is 6.61 Å². The lowest BCUT2D eigenvalue weighted by molar-refractivity contribution is 0.0959. The highest BCUT2D eigenvalue weighted by Crippen LogP contribution is 2.21. The molecule has 2 rings (SSSR count). The number of rotatable bonds is 5. The van der Waals surface area contributed by atoms with E-state index in [4.69, 9.17) is 16.3 Å². The van der Waals surface area contributed by atoms with Gasteiger partial charge in [0.2, 0.25) is 0 Å². The van der Waals surface area contributed by atoms with Gasteiger partial charge < -0.3 is 4.74 Å². The monoisotopic (exact) mass is 308 g/mol. The van der Waals surface area contributed by atoms with Crippen molar-refractivity contribution in [3.8, 4) is 5.75 Å². The molecule has 0 aliphatic heterocycles. The van der Waals surface area contributed by atoms with Gasteiger partial charge in [0.15, 0.2) is 0 Å². The number of hydrogen-bond donors (Lipinski definition) is 1. The summed E-state index contributed by atoms with van der Waals surface area (Å²) in [6.45, 7) is 2.56. The van der Waals surface area contributed by atoms with E-state index in [9.17, 15) is 4.79 Å². The summed E-state index contributed by atoms with van der Waals surface area (Å²) in [5.74, 6) is 0.533. The molecule has 0 aliphatic rings. The van der Waals surface area contributed by atoms with Crippen molar-refractivity contribution in [1.29, 1.82) is 0 Å². The van der Waals surface area contributed by atoms with E-state index in [1.54, 1.807) is 18.3 Å². The number of thiophene rings is 1. The van der Waals surface area contributed by atoms with E-state index in [-0.39, 0.29) is 5.91 Å². The molecule has 1 aromatic carbocycles. The van der Waals surface area contributed by atoms with Crippen LogP contribution in [0.25, 0.3) is 0 Å². The zero-order valence-corrected chi connectivity index (χ0v) is 12.4. The van der Waals surface area contributed by atoms with Gasteiger partial charge in [0.25, 0.3) is 5.91 Å². The van der Waals surface area contributed by atoms with E-state index in [2.05, 4.69) is 10.5 Å². The Hall–Kier alpha value is -1.85. The van der Waals surface area contributed by atoms with E-state index in [0.717, 1.165) is 11.3 Å². The predicted octanol–water partition coefficient (Wildman–Crippen LogP) is 3.56. The molecule has 1 N–H and O–H groups in total. The second-order valence-corrected chi connectivity index (χ2v) is 5.52. The summed E-state index contributed by atoms with van der Waals surface area (Å²) in [4.78, 5) is 12.2. The summed E-state index contributed by atoms with van der Waals surface area (Å²) in [6, 6.07) is 10.8. The average Bonchev–Trinajstić information content (AvgIpc) is 2.88. The fourth-order valence-electron chi connectivity index (χ4n) is 1.47. The molecule has 1 aromatic heterocycles. The number of nitrogens with zero attached hydrogens (tertiary/aromatic N) is 1. The van der Waals surface area contributed by atoms with E-state index in [1.807, 2.05) is 31.2 Å². The molecular weight excluding hydrogens is 296 g/mol. The van der Waals surface area contributed by atoms with Crippen LogP contribution >= 0.6 is 22.9 Å². The summed E-state index contributed by atoms with van der Waals surface area (Å²) < 4.78 is 5.91. The van der Waals surface area contributed by atoms with Crippen LogP contribution in [0, 0.1) is 0 Å². The van der Waals surface area contributed by atoms with Crippen molar-refractivity contribution < 1.29 is 9.53 Å². The van der Waals surface area contributed by atoms with E-state index < -0.39 is 0 Å². The Morgan fingerprint density at radius 2 is 2.10 bits per heavy atom. The average molecular weight is 309 g/mol. The van der Waals surface area contributed by atoms with Gasteiger partial charge in [-0.3, -0.25) is 4.79 Å². The van der Waals surface area contributed by atoms with Gasteiger partial charge in [-0.05, 0) is 48.9 Å². The van der Waals surface area contributed by atoms with Crippen molar-refractivity contribution in [1.82, 2.24) is 5.43 Å². The molecule has 0 aliphatic carbocycles. The number of nitrogens with one attached hydrogen (secondary N) is 1. The van der Waals surface area contributed by atoms with Crippen LogP contribution in [0.4, 0.5) is 0 Å². The lowest BCUT2D eigenvalue weighted by Gasteiger charge is -2.02. The van der Waals surface area contributed by atoms with Crippen molar-refractivity contribution in [3.63, 3.8) is 0 Å². The molecule has 0 spiro atoms. The molecule has 0 fully saturated rings. The van der Waals surface area contributed by atoms with E-state index in [1.165, 1.54) is 11.3 Å². The Morgan fingerprint density at radius 1 is 1.35 bits per heavy atom. The molecule has 6 heteroatoms. The molecule has 1 amide bonds. The fourth-order valence-corrected chi connectivity index (χ4v) is 2.41. The fraction of sp³-hybridized carbons (Fsp3) is 0.143.